The Kier molecular flexibility index (Phi) is 3.50. The van der Waals surface area contributed by atoms with E-state index in [0.29, 0.717) is 0 Å². The number of aryl methyl sites for hydroxylation is 1. The second-order valence-electron chi connectivity index (χ2n) is 6.29. The third-order valence-corrected chi connectivity index (χ3v) is 4.12. The van der Waals surface area contributed by atoms with E-state index in [9.17, 15) is 0 Å². The largest absolute Gasteiger partial charge is 0.496 e. The van der Waals surface area contributed by atoms with E-state index in [0.717, 1.165) is 16.9 Å². The predicted molar refractivity (Wildman–Crippen MR) is 77.3 cm³/mol. The summed E-state index contributed by atoms with van der Waals surface area (Å²) < 4.78 is 12.1. The third-order valence-electron chi connectivity index (χ3n) is 4.12. The molecule has 0 aliphatic carbocycles. The van der Waals surface area contributed by atoms with Crippen molar-refractivity contribution in [1.29, 1.82) is 0 Å². The van der Waals surface area contributed by atoms with E-state index in [1.54, 1.807) is 0 Å². The lowest BCUT2D eigenvalue weighted by Crippen LogP contribution is -2.41. The third kappa shape index (κ3) is 2.55. The van der Waals surface area contributed by atoms with Crippen molar-refractivity contribution in [3.63, 3.8) is 0 Å². The first-order valence-electron chi connectivity index (χ1n) is 6.73. The highest BCUT2D eigenvalue weighted by Gasteiger charge is 2.52. The van der Waals surface area contributed by atoms with E-state index >= 15 is 0 Å². The maximum Gasteiger partial charge on any atom is 0.496 e. The first-order valence-corrected chi connectivity index (χ1v) is 6.73. The summed E-state index contributed by atoms with van der Waals surface area (Å²) in [7, 11) is -0.361. The monoisotopic (exact) mass is 262 g/mol. The molecular weight excluding hydrogens is 239 g/mol. The van der Waals surface area contributed by atoms with Crippen LogP contribution in [0.5, 0.6) is 0 Å². The van der Waals surface area contributed by atoms with Crippen LogP contribution in [-0.2, 0) is 9.31 Å². The highest BCUT2D eigenvalue weighted by Crippen LogP contribution is 2.36. The SMILES string of the molecule is Cc1nc(C(C)N)ccc1B1OC(C)(C)C(C)(C)O1. The fourth-order valence-electron chi connectivity index (χ4n) is 2.06. The van der Waals surface area contributed by atoms with Gasteiger partial charge in [-0.05, 0) is 47.6 Å². The van der Waals surface area contributed by atoms with Crippen LogP contribution in [0.4, 0.5) is 0 Å². The van der Waals surface area contributed by atoms with Crippen LogP contribution in [0.2, 0.25) is 0 Å². The van der Waals surface area contributed by atoms with Crippen molar-refractivity contribution < 1.29 is 9.31 Å². The molecule has 0 bridgehead atoms. The zero-order valence-electron chi connectivity index (χ0n) is 12.7. The first kappa shape index (κ1) is 14.5. The van der Waals surface area contributed by atoms with Gasteiger partial charge < -0.3 is 15.0 Å². The van der Waals surface area contributed by atoms with Crippen molar-refractivity contribution >= 4 is 12.6 Å². The Bertz CT molecular complexity index is 470. The molecule has 5 heteroatoms. The van der Waals surface area contributed by atoms with Crippen LogP contribution in [0.25, 0.3) is 0 Å². The van der Waals surface area contributed by atoms with E-state index < -0.39 is 0 Å². The van der Waals surface area contributed by atoms with Crippen LogP contribution in [0.15, 0.2) is 12.1 Å². The topological polar surface area (TPSA) is 57.4 Å². The number of nitrogens with two attached hydrogens (primary N) is 1. The van der Waals surface area contributed by atoms with Crippen LogP contribution >= 0.6 is 0 Å². The number of pyridine rings is 1. The van der Waals surface area contributed by atoms with Gasteiger partial charge in [0, 0.05) is 17.2 Å². The van der Waals surface area contributed by atoms with Gasteiger partial charge in [-0.1, -0.05) is 6.07 Å². The summed E-state index contributed by atoms with van der Waals surface area (Å²) in [4.78, 5) is 4.53. The molecule has 0 radical (unpaired) electrons. The van der Waals surface area contributed by atoms with E-state index in [4.69, 9.17) is 15.0 Å². The van der Waals surface area contributed by atoms with E-state index in [1.807, 2.05) is 53.7 Å². The Morgan fingerprint density at radius 1 is 1.16 bits per heavy atom. The summed E-state index contributed by atoms with van der Waals surface area (Å²) in [6, 6.07) is 3.88. The zero-order chi connectivity index (χ0) is 14.4. The lowest BCUT2D eigenvalue weighted by molar-refractivity contribution is 0.00578. The predicted octanol–water partition coefficient (Wildman–Crippen LogP) is 1.71. The molecule has 0 aromatic carbocycles. The molecule has 2 rings (SSSR count). The van der Waals surface area contributed by atoms with Crippen molar-refractivity contribution in [3.8, 4) is 0 Å². The summed E-state index contributed by atoms with van der Waals surface area (Å²) in [6.07, 6.45) is 0. The number of aromatic nitrogens is 1. The fourth-order valence-corrected chi connectivity index (χ4v) is 2.06. The van der Waals surface area contributed by atoms with Crippen molar-refractivity contribution in [2.45, 2.75) is 58.8 Å². The molecule has 19 heavy (non-hydrogen) atoms. The van der Waals surface area contributed by atoms with E-state index in [1.165, 1.54) is 0 Å². The molecule has 1 aliphatic heterocycles. The van der Waals surface area contributed by atoms with Gasteiger partial charge >= 0.3 is 7.12 Å². The summed E-state index contributed by atoms with van der Waals surface area (Å²) in [6.45, 7) is 12.1. The number of nitrogens with zero attached hydrogens (tertiary/aromatic N) is 1. The van der Waals surface area contributed by atoms with Crippen LogP contribution in [0.1, 0.15) is 52.0 Å². The molecule has 1 fully saturated rings. The molecule has 1 aromatic heterocycles. The van der Waals surface area contributed by atoms with E-state index in [-0.39, 0.29) is 24.4 Å². The lowest BCUT2D eigenvalue weighted by Gasteiger charge is -2.32. The van der Waals surface area contributed by atoms with Gasteiger partial charge in [0.1, 0.15) is 0 Å². The van der Waals surface area contributed by atoms with E-state index in [2.05, 4.69) is 4.98 Å². The number of rotatable bonds is 2. The molecule has 2 heterocycles. The van der Waals surface area contributed by atoms with Crippen molar-refractivity contribution in [2.24, 2.45) is 5.73 Å². The summed E-state index contributed by atoms with van der Waals surface area (Å²) in [5.74, 6) is 0. The molecule has 0 amide bonds. The first-order chi connectivity index (χ1) is 8.64. The normalized spacial score (nSPS) is 22.6. The average Bonchev–Trinajstić information content (AvgIpc) is 2.47. The lowest BCUT2D eigenvalue weighted by atomic mass is 9.78. The Morgan fingerprint density at radius 3 is 2.11 bits per heavy atom. The Hall–Kier alpha value is -0.905. The molecule has 104 valence electrons. The quantitative estimate of drug-likeness (QED) is 0.824. The standard InChI is InChI=1S/C14H23BN2O2/c1-9(16)12-8-7-11(10(2)17-12)15-18-13(3,4)14(5,6)19-15/h7-9H,16H2,1-6H3. The van der Waals surface area contributed by atoms with Gasteiger partial charge in [-0.3, -0.25) is 4.98 Å². The van der Waals surface area contributed by atoms with Crippen molar-refractivity contribution in [1.82, 2.24) is 4.98 Å². The van der Waals surface area contributed by atoms with Gasteiger partial charge in [0.2, 0.25) is 0 Å². The summed E-state index contributed by atoms with van der Waals surface area (Å²) in [5, 5.41) is 0. The molecular formula is C14H23BN2O2. The minimum Gasteiger partial charge on any atom is -0.399 e. The minimum absolute atomic E-state index is 0.0638. The Balaban J connectivity index is 2.30. The highest BCUT2D eigenvalue weighted by molar-refractivity contribution is 6.62. The molecule has 1 saturated heterocycles. The number of hydrogen-bond acceptors (Lipinski definition) is 4. The van der Waals surface area contributed by atoms with Crippen LogP contribution in [0, 0.1) is 6.92 Å². The van der Waals surface area contributed by atoms with Gasteiger partial charge in [-0.15, -0.1) is 0 Å². The summed E-state index contributed by atoms with van der Waals surface area (Å²) in [5.41, 5.74) is 7.96. The second kappa shape index (κ2) is 4.58. The van der Waals surface area contributed by atoms with Crippen LogP contribution < -0.4 is 11.2 Å². The van der Waals surface area contributed by atoms with Gasteiger partial charge in [0.25, 0.3) is 0 Å². The van der Waals surface area contributed by atoms with Crippen molar-refractivity contribution in [3.05, 3.63) is 23.5 Å². The van der Waals surface area contributed by atoms with Gasteiger partial charge in [0.05, 0.1) is 16.9 Å². The highest BCUT2D eigenvalue weighted by atomic mass is 16.7. The average molecular weight is 262 g/mol. The van der Waals surface area contributed by atoms with Crippen molar-refractivity contribution in [2.75, 3.05) is 0 Å². The molecule has 1 unspecified atom stereocenters. The maximum atomic E-state index is 6.04. The van der Waals surface area contributed by atoms with Crippen LogP contribution in [-0.4, -0.2) is 23.3 Å². The molecule has 4 nitrogen and oxygen atoms in total. The van der Waals surface area contributed by atoms with Crippen LogP contribution in [0.3, 0.4) is 0 Å². The molecule has 1 aliphatic rings. The number of hydrogen-bond donors (Lipinski definition) is 1. The van der Waals surface area contributed by atoms with Gasteiger partial charge in [-0.2, -0.15) is 0 Å². The van der Waals surface area contributed by atoms with Gasteiger partial charge in [0.15, 0.2) is 0 Å². The zero-order valence-corrected chi connectivity index (χ0v) is 12.7. The minimum atomic E-state index is -0.361. The Labute approximate surface area is 115 Å². The molecule has 0 saturated carbocycles. The maximum absolute atomic E-state index is 6.04. The molecule has 1 aromatic rings. The molecule has 1 atom stereocenters. The molecule has 2 N–H and O–H groups in total. The summed E-state index contributed by atoms with van der Waals surface area (Å²) >= 11 is 0. The smallest absolute Gasteiger partial charge is 0.399 e. The molecule has 0 spiro atoms. The Morgan fingerprint density at radius 2 is 1.68 bits per heavy atom. The fraction of sp³-hybridized carbons (Fsp3) is 0.643. The second-order valence-corrected chi connectivity index (χ2v) is 6.29. The van der Waals surface area contributed by atoms with Gasteiger partial charge in [-0.25, -0.2) is 0 Å².